The topological polar surface area (TPSA) is 56.5 Å². The number of hydrogen-bond donors (Lipinski definition) is 1. The summed E-state index contributed by atoms with van der Waals surface area (Å²) in [5, 5.41) is 7.01. The zero-order valence-corrected chi connectivity index (χ0v) is 18.9. The van der Waals surface area contributed by atoms with E-state index in [-0.39, 0.29) is 6.04 Å². The maximum absolute atomic E-state index is 6.00. The molecule has 30 heavy (non-hydrogen) atoms. The van der Waals surface area contributed by atoms with Crippen molar-refractivity contribution in [3.63, 3.8) is 0 Å². The first-order valence-corrected chi connectivity index (χ1v) is 11.8. The molecular weight excluding hydrogens is 398 g/mol. The summed E-state index contributed by atoms with van der Waals surface area (Å²) in [4.78, 5) is 12.3. The average Bonchev–Trinajstić information content (AvgIpc) is 3.46. The van der Waals surface area contributed by atoms with E-state index in [9.17, 15) is 0 Å². The number of hydrogen-bond acceptors (Lipinski definition) is 6. The van der Waals surface area contributed by atoms with Crippen LogP contribution < -0.4 is 10.2 Å². The molecule has 2 aromatic heterocycles. The van der Waals surface area contributed by atoms with E-state index in [4.69, 9.17) is 14.1 Å². The van der Waals surface area contributed by atoms with Crippen molar-refractivity contribution in [1.82, 2.24) is 15.1 Å². The summed E-state index contributed by atoms with van der Waals surface area (Å²) in [6.45, 7) is 13.0. The predicted octanol–water partition coefficient (Wildman–Crippen LogP) is 2.81. The average molecular weight is 432 g/mol. The Hall–Kier alpha value is -2.03. The number of nitrogens with one attached hydrogen (secondary N) is 1. The third-order valence-electron chi connectivity index (χ3n) is 5.72. The molecule has 2 aromatic rings. The fraction of sp³-hybridized carbons (Fsp3) is 0.591. The Morgan fingerprint density at radius 1 is 1.13 bits per heavy atom. The molecule has 0 bridgehead atoms. The van der Waals surface area contributed by atoms with Crippen molar-refractivity contribution < 1.29 is 9.15 Å². The van der Waals surface area contributed by atoms with Gasteiger partial charge in [-0.15, -0.1) is 11.3 Å². The molecule has 0 spiro atoms. The van der Waals surface area contributed by atoms with Gasteiger partial charge in [0.1, 0.15) is 11.5 Å². The van der Waals surface area contributed by atoms with Crippen LogP contribution in [0.4, 0.5) is 5.00 Å². The predicted molar refractivity (Wildman–Crippen MR) is 123 cm³/mol. The van der Waals surface area contributed by atoms with Crippen LogP contribution >= 0.6 is 11.3 Å². The minimum absolute atomic E-state index is 0.142. The van der Waals surface area contributed by atoms with Gasteiger partial charge in [-0.05, 0) is 43.5 Å². The minimum atomic E-state index is 0.142. The van der Waals surface area contributed by atoms with Gasteiger partial charge in [0, 0.05) is 45.8 Å². The number of ether oxygens (including phenoxy) is 1. The van der Waals surface area contributed by atoms with E-state index in [2.05, 4.69) is 50.5 Å². The van der Waals surface area contributed by atoms with E-state index < -0.39 is 0 Å². The van der Waals surface area contributed by atoms with Crippen molar-refractivity contribution in [3.8, 4) is 0 Å². The molecule has 0 amide bonds. The van der Waals surface area contributed by atoms with E-state index in [1.54, 1.807) is 0 Å². The van der Waals surface area contributed by atoms with Crippen LogP contribution in [-0.2, 0) is 4.74 Å². The van der Waals surface area contributed by atoms with Gasteiger partial charge in [0.15, 0.2) is 5.96 Å². The smallest absolute Gasteiger partial charge is 0.194 e. The monoisotopic (exact) mass is 431 g/mol. The molecule has 7 nitrogen and oxygen atoms in total. The number of aryl methyl sites for hydroxylation is 1. The lowest BCUT2D eigenvalue weighted by Crippen LogP contribution is -2.52. The molecular formula is C22H33N5O2S. The number of piperazine rings is 1. The summed E-state index contributed by atoms with van der Waals surface area (Å²) in [6, 6.07) is 8.61. The number of furan rings is 1. The van der Waals surface area contributed by atoms with Gasteiger partial charge >= 0.3 is 0 Å². The zero-order chi connectivity index (χ0) is 20.8. The van der Waals surface area contributed by atoms with Crippen molar-refractivity contribution in [1.29, 1.82) is 0 Å². The largest absolute Gasteiger partial charge is 0.465 e. The first kappa shape index (κ1) is 21.2. The molecule has 0 saturated carbocycles. The van der Waals surface area contributed by atoms with Crippen LogP contribution in [0.1, 0.15) is 24.5 Å². The molecule has 4 rings (SSSR count). The summed E-state index contributed by atoms with van der Waals surface area (Å²) >= 11 is 1.81. The molecule has 2 aliphatic heterocycles. The lowest BCUT2D eigenvalue weighted by atomic mass is 10.1. The summed E-state index contributed by atoms with van der Waals surface area (Å²) < 4.78 is 11.6. The number of anilines is 1. The summed E-state index contributed by atoms with van der Waals surface area (Å²) in [5.41, 5.74) is 0. The van der Waals surface area contributed by atoms with Crippen LogP contribution in [-0.4, -0.2) is 81.3 Å². The van der Waals surface area contributed by atoms with E-state index in [1.807, 2.05) is 24.3 Å². The fourth-order valence-electron chi connectivity index (χ4n) is 4.09. The van der Waals surface area contributed by atoms with Gasteiger partial charge < -0.3 is 24.3 Å². The number of thiophene rings is 1. The van der Waals surface area contributed by atoms with Crippen LogP contribution in [0, 0.1) is 6.92 Å². The maximum atomic E-state index is 6.00. The molecule has 2 fully saturated rings. The molecule has 2 aliphatic rings. The van der Waals surface area contributed by atoms with Crippen molar-refractivity contribution in [2.75, 3.05) is 70.5 Å². The highest BCUT2D eigenvalue weighted by Gasteiger charge is 2.26. The molecule has 0 aromatic carbocycles. The minimum Gasteiger partial charge on any atom is -0.465 e. The Kier molecular flexibility index (Phi) is 7.30. The molecule has 8 heteroatoms. The van der Waals surface area contributed by atoms with Gasteiger partial charge in [-0.3, -0.25) is 9.89 Å². The Morgan fingerprint density at radius 2 is 1.93 bits per heavy atom. The van der Waals surface area contributed by atoms with E-state index in [1.165, 1.54) is 5.00 Å². The molecule has 1 unspecified atom stereocenters. The Balaban J connectivity index is 1.44. The molecule has 0 radical (unpaired) electrons. The maximum Gasteiger partial charge on any atom is 0.194 e. The second-order valence-corrected chi connectivity index (χ2v) is 8.66. The van der Waals surface area contributed by atoms with Gasteiger partial charge in [-0.2, -0.15) is 0 Å². The molecule has 4 heterocycles. The third-order valence-corrected chi connectivity index (χ3v) is 6.65. The van der Waals surface area contributed by atoms with Crippen molar-refractivity contribution in [2.24, 2.45) is 4.99 Å². The van der Waals surface area contributed by atoms with Gasteiger partial charge in [-0.1, -0.05) is 0 Å². The molecule has 0 aliphatic carbocycles. The number of rotatable bonds is 6. The van der Waals surface area contributed by atoms with E-state index in [0.717, 1.165) is 76.5 Å². The normalized spacial score (nSPS) is 19.9. The standard InChI is InChI=1S/C22H33N5O2S/c1-3-23-22(27-10-8-26(9-11-27)21-5-4-16-30-21)24-17-19(20-7-6-18(2)29-20)25-12-14-28-15-13-25/h4-7,16,19H,3,8-15,17H2,1-2H3,(H,23,24). The Bertz CT molecular complexity index is 792. The van der Waals surface area contributed by atoms with Gasteiger partial charge in [0.2, 0.25) is 0 Å². The zero-order valence-electron chi connectivity index (χ0n) is 18.0. The second-order valence-electron chi connectivity index (χ2n) is 7.73. The number of guanidine groups is 1. The highest BCUT2D eigenvalue weighted by molar-refractivity contribution is 7.14. The number of nitrogens with zero attached hydrogens (tertiary/aromatic N) is 4. The van der Waals surface area contributed by atoms with E-state index in [0.29, 0.717) is 6.54 Å². The molecule has 164 valence electrons. The van der Waals surface area contributed by atoms with Crippen LogP contribution in [0.25, 0.3) is 0 Å². The van der Waals surface area contributed by atoms with Crippen LogP contribution in [0.2, 0.25) is 0 Å². The highest BCUT2D eigenvalue weighted by atomic mass is 32.1. The molecule has 2 saturated heterocycles. The van der Waals surface area contributed by atoms with Gasteiger partial charge in [0.25, 0.3) is 0 Å². The first-order chi connectivity index (χ1) is 14.7. The number of morpholine rings is 1. The lowest BCUT2D eigenvalue weighted by Gasteiger charge is -2.37. The van der Waals surface area contributed by atoms with Crippen molar-refractivity contribution in [2.45, 2.75) is 19.9 Å². The SMILES string of the molecule is CCNC(=NCC(c1ccc(C)o1)N1CCOCC1)N1CCN(c2cccs2)CC1. The number of aliphatic imine (C=N–C) groups is 1. The van der Waals surface area contributed by atoms with Gasteiger partial charge in [-0.25, -0.2) is 0 Å². The summed E-state index contributed by atoms with van der Waals surface area (Å²) in [7, 11) is 0. The summed E-state index contributed by atoms with van der Waals surface area (Å²) in [6.07, 6.45) is 0. The lowest BCUT2D eigenvalue weighted by molar-refractivity contribution is 0.0135. The van der Waals surface area contributed by atoms with Crippen LogP contribution in [0.5, 0.6) is 0 Å². The van der Waals surface area contributed by atoms with E-state index >= 15 is 0 Å². The first-order valence-electron chi connectivity index (χ1n) is 10.9. The van der Waals surface area contributed by atoms with Gasteiger partial charge in [0.05, 0.1) is 30.8 Å². The fourth-order valence-corrected chi connectivity index (χ4v) is 4.88. The Labute approximate surface area is 183 Å². The molecule has 1 N–H and O–H groups in total. The van der Waals surface area contributed by atoms with Crippen LogP contribution in [0.3, 0.4) is 0 Å². The van der Waals surface area contributed by atoms with Crippen molar-refractivity contribution >= 4 is 22.3 Å². The molecule has 1 atom stereocenters. The Morgan fingerprint density at radius 3 is 2.57 bits per heavy atom. The third kappa shape index (κ3) is 5.17. The quantitative estimate of drug-likeness (QED) is 0.561. The highest BCUT2D eigenvalue weighted by Crippen LogP contribution is 2.25. The van der Waals surface area contributed by atoms with Crippen LogP contribution in [0.15, 0.2) is 39.1 Å². The van der Waals surface area contributed by atoms with Crippen molar-refractivity contribution in [3.05, 3.63) is 41.2 Å². The second kappa shape index (κ2) is 10.3. The summed E-state index contributed by atoms with van der Waals surface area (Å²) in [5.74, 6) is 2.95.